The van der Waals surface area contributed by atoms with E-state index < -0.39 is 5.97 Å². The van der Waals surface area contributed by atoms with Crippen LogP contribution < -0.4 is 0 Å². The van der Waals surface area contributed by atoms with Gasteiger partial charge in [0.05, 0.1) is 11.1 Å². The zero-order chi connectivity index (χ0) is 14.3. The quantitative estimate of drug-likeness (QED) is 0.756. The zero-order valence-electron chi connectivity index (χ0n) is 10.4. The molecule has 6 heteroatoms. The minimum atomic E-state index is -0.965. The van der Waals surface area contributed by atoms with Gasteiger partial charge in [-0.05, 0) is 30.7 Å². The first kappa shape index (κ1) is 13.2. The van der Waals surface area contributed by atoms with Crippen molar-refractivity contribution in [1.82, 2.24) is 9.97 Å². The summed E-state index contributed by atoms with van der Waals surface area (Å²) in [4.78, 5) is 20.3. The van der Waals surface area contributed by atoms with Gasteiger partial charge in [-0.15, -0.1) is 11.3 Å². The molecule has 0 aliphatic carbocycles. The summed E-state index contributed by atoms with van der Waals surface area (Å²) in [7, 11) is 0. The van der Waals surface area contributed by atoms with Crippen molar-refractivity contribution in [3.05, 3.63) is 45.4 Å². The van der Waals surface area contributed by atoms with Crippen molar-refractivity contribution in [2.45, 2.75) is 6.92 Å². The Morgan fingerprint density at radius 2 is 2.15 bits per heavy atom. The summed E-state index contributed by atoms with van der Waals surface area (Å²) in [5, 5.41) is 12.6. The second kappa shape index (κ2) is 4.96. The monoisotopic (exact) mass is 348 g/mol. The van der Waals surface area contributed by atoms with Crippen LogP contribution in [0.25, 0.3) is 21.6 Å². The Bertz CT molecular complexity index is 816. The van der Waals surface area contributed by atoms with Gasteiger partial charge in [0.2, 0.25) is 0 Å². The van der Waals surface area contributed by atoms with Crippen LogP contribution in [0.15, 0.2) is 34.2 Å². The molecule has 3 aromatic rings. The molecular formula is C14H9BrN2O2S. The highest BCUT2D eigenvalue weighted by atomic mass is 79.9. The molecule has 2 aromatic heterocycles. The summed E-state index contributed by atoms with van der Waals surface area (Å²) in [5.41, 5.74) is 2.45. The first-order valence-electron chi connectivity index (χ1n) is 5.80. The number of halogens is 1. The summed E-state index contributed by atoms with van der Waals surface area (Å²) < 4.78 is 0.841. The maximum Gasteiger partial charge on any atom is 0.336 e. The van der Waals surface area contributed by atoms with Gasteiger partial charge in [-0.3, -0.25) is 0 Å². The zero-order valence-corrected chi connectivity index (χ0v) is 12.8. The van der Waals surface area contributed by atoms with Crippen molar-refractivity contribution in [2.24, 2.45) is 0 Å². The number of carbonyl (C=O) groups is 1. The van der Waals surface area contributed by atoms with Crippen molar-refractivity contribution in [1.29, 1.82) is 0 Å². The molecule has 100 valence electrons. The van der Waals surface area contributed by atoms with E-state index in [2.05, 4.69) is 25.9 Å². The normalized spacial score (nSPS) is 10.9. The number of thiazole rings is 1. The number of benzene rings is 1. The molecule has 0 spiro atoms. The number of hydrogen-bond acceptors (Lipinski definition) is 4. The molecule has 0 fully saturated rings. The lowest BCUT2D eigenvalue weighted by Gasteiger charge is -2.08. The van der Waals surface area contributed by atoms with Crippen LogP contribution in [0.2, 0.25) is 0 Å². The molecule has 0 amide bonds. The van der Waals surface area contributed by atoms with Crippen molar-refractivity contribution >= 4 is 44.1 Å². The number of carboxylic acid groups (broad SMARTS) is 1. The molecule has 0 saturated heterocycles. The Morgan fingerprint density at radius 1 is 1.35 bits per heavy atom. The lowest BCUT2D eigenvalue weighted by Crippen LogP contribution is -2.01. The van der Waals surface area contributed by atoms with Crippen LogP contribution in [0, 0.1) is 6.92 Å². The van der Waals surface area contributed by atoms with Crippen molar-refractivity contribution in [3.63, 3.8) is 0 Å². The second-order valence-corrected chi connectivity index (χ2v) is 6.13. The Balaban J connectivity index is 2.40. The van der Waals surface area contributed by atoms with E-state index in [1.807, 2.05) is 18.4 Å². The topological polar surface area (TPSA) is 63.1 Å². The van der Waals surface area contributed by atoms with Crippen LogP contribution in [-0.2, 0) is 0 Å². The molecule has 2 heterocycles. The van der Waals surface area contributed by atoms with E-state index in [1.54, 1.807) is 18.3 Å². The number of carboxylic acids is 1. The molecule has 0 aliphatic heterocycles. The summed E-state index contributed by atoms with van der Waals surface area (Å²) in [5.74, 6) is -0.965. The molecule has 0 radical (unpaired) electrons. The lowest BCUT2D eigenvalue weighted by atomic mass is 10.0. The maximum absolute atomic E-state index is 11.5. The number of pyridine rings is 1. The average molecular weight is 349 g/mol. The van der Waals surface area contributed by atoms with E-state index in [-0.39, 0.29) is 5.56 Å². The molecule has 0 atom stereocenters. The van der Waals surface area contributed by atoms with Gasteiger partial charge in [0, 0.05) is 21.4 Å². The number of aromatic carboxylic acids is 1. The van der Waals surface area contributed by atoms with Crippen LogP contribution in [0.3, 0.4) is 0 Å². The summed E-state index contributed by atoms with van der Waals surface area (Å²) in [6.07, 6.45) is 1.68. The van der Waals surface area contributed by atoms with Gasteiger partial charge in [-0.2, -0.15) is 0 Å². The van der Waals surface area contributed by atoms with Gasteiger partial charge in [0.15, 0.2) is 0 Å². The third-order valence-electron chi connectivity index (χ3n) is 2.95. The molecule has 0 aliphatic rings. The van der Waals surface area contributed by atoms with Crippen molar-refractivity contribution in [2.75, 3.05) is 0 Å². The largest absolute Gasteiger partial charge is 0.478 e. The fourth-order valence-electron chi connectivity index (χ4n) is 2.09. The van der Waals surface area contributed by atoms with E-state index in [0.29, 0.717) is 16.6 Å². The first-order chi connectivity index (χ1) is 9.56. The predicted octanol–water partition coefficient (Wildman–Crippen LogP) is 4.13. The molecule has 20 heavy (non-hydrogen) atoms. The molecule has 0 saturated carbocycles. The summed E-state index contributed by atoms with van der Waals surface area (Å²) in [6.45, 7) is 1.91. The van der Waals surface area contributed by atoms with E-state index in [0.717, 1.165) is 15.0 Å². The molecular weight excluding hydrogens is 340 g/mol. The van der Waals surface area contributed by atoms with Gasteiger partial charge in [0.25, 0.3) is 0 Å². The molecule has 0 bridgehead atoms. The SMILES string of the molecule is Cc1cc(Br)cc2c(C(=O)O)cc(-c3nccs3)nc12. The summed E-state index contributed by atoms with van der Waals surface area (Å²) >= 11 is 4.83. The van der Waals surface area contributed by atoms with Crippen LogP contribution in [0.1, 0.15) is 15.9 Å². The number of hydrogen-bond donors (Lipinski definition) is 1. The van der Waals surface area contributed by atoms with Gasteiger partial charge in [-0.1, -0.05) is 15.9 Å². The Hall–Kier alpha value is -1.79. The number of aromatic nitrogens is 2. The van der Waals surface area contributed by atoms with Gasteiger partial charge < -0.3 is 5.11 Å². The van der Waals surface area contributed by atoms with Crippen LogP contribution >= 0.6 is 27.3 Å². The van der Waals surface area contributed by atoms with E-state index in [9.17, 15) is 9.90 Å². The standard InChI is InChI=1S/C14H9BrN2O2S/c1-7-4-8(15)5-9-10(14(18)19)6-11(17-12(7)9)13-16-2-3-20-13/h2-6H,1H3,(H,18,19). The van der Waals surface area contributed by atoms with Crippen molar-refractivity contribution < 1.29 is 9.90 Å². The number of rotatable bonds is 2. The highest BCUT2D eigenvalue weighted by molar-refractivity contribution is 9.10. The lowest BCUT2D eigenvalue weighted by molar-refractivity contribution is 0.0699. The van der Waals surface area contributed by atoms with Crippen LogP contribution in [-0.4, -0.2) is 21.0 Å². The highest BCUT2D eigenvalue weighted by Crippen LogP contribution is 2.30. The fourth-order valence-corrected chi connectivity index (χ4v) is 3.26. The van der Waals surface area contributed by atoms with E-state index >= 15 is 0 Å². The number of aryl methyl sites for hydroxylation is 1. The van der Waals surface area contributed by atoms with Crippen molar-refractivity contribution in [3.8, 4) is 10.7 Å². The number of fused-ring (bicyclic) bond motifs is 1. The molecule has 4 nitrogen and oxygen atoms in total. The minimum absolute atomic E-state index is 0.240. The Kier molecular flexibility index (Phi) is 3.27. The maximum atomic E-state index is 11.5. The highest BCUT2D eigenvalue weighted by Gasteiger charge is 2.15. The average Bonchev–Trinajstić information content (AvgIpc) is 2.91. The van der Waals surface area contributed by atoms with Crippen LogP contribution in [0.4, 0.5) is 0 Å². The van der Waals surface area contributed by atoms with E-state index in [1.165, 1.54) is 11.3 Å². The number of nitrogens with zero attached hydrogens (tertiary/aromatic N) is 2. The minimum Gasteiger partial charge on any atom is -0.478 e. The smallest absolute Gasteiger partial charge is 0.336 e. The molecule has 1 aromatic carbocycles. The fraction of sp³-hybridized carbons (Fsp3) is 0.0714. The van der Waals surface area contributed by atoms with Crippen LogP contribution in [0.5, 0.6) is 0 Å². The van der Waals surface area contributed by atoms with Gasteiger partial charge in [-0.25, -0.2) is 14.8 Å². The Morgan fingerprint density at radius 3 is 2.80 bits per heavy atom. The Labute approximate surface area is 127 Å². The molecule has 3 rings (SSSR count). The third-order valence-corrected chi connectivity index (χ3v) is 4.20. The van der Waals surface area contributed by atoms with Gasteiger partial charge in [0.1, 0.15) is 10.7 Å². The molecule has 0 unspecified atom stereocenters. The molecule has 1 N–H and O–H groups in total. The van der Waals surface area contributed by atoms with Gasteiger partial charge >= 0.3 is 5.97 Å². The third kappa shape index (κ3) is 2.21. The van der Waals surface area contributed by atoms with E-state index in [4.69, 9.17) is 0 Å². The second-order valence-electron chi connectivity index (χ2n) is 4.32. The summed E-state index contributed by atoms with van der Waals surface area (Å²) in [6, 6.07) is 5.28. The predicted molar refractivity (Wildman–Crippen MR) is 82.2 cm³/mol. The first-order valence-corrected chi connectivity index (χ1v) is 7.47.